The number of rotatable bonds is 4. The Morgan fingerprint density at radius 3 is 2.38 bits per heavy atom. The summed E-state index contributed by atoms with van der Waals surface area (Å²) in [5, 5.41) is 0. The van der Waals surface area contributed by atoms with Crippen molar-refractivity contribution < 1.29 is 23.0 Å². The van der Waals surface area contributed by atoms with E-state index in [1.807, 2.05) is 0 Å². The largest absolute Gasteiger partial charge is 0.487 e. The van der Waals surface area contributed by atoms with Gasteiger partial charge in [0.15, 0.2) is 0 Å². The number of alkyl halides is 3. The van der Waals surface area contributed by atoms with Crippen LogP contribution in [0.5, 0.6) is 5.75 Å². The number of hydrogen-bond acceptors (Lipinski definition) is 3. The molecule has 0 saturated heterocycles. The van der Waals surface area contributed by atoms with Crippen molar-refractivity contribution in [2.75, 3.05) is 6.61 Å². The van der Waals surface area contributed by atoms with Crippen LogP contribution in [-0.4, -0.2) is 18.1 Å². The number of esters is 1. The lowest BCUT2D eigenvalue weighted by molar-refractivity contribution is -0.0964. The molecular formula is C10H9ClF2O3. The van der Waals surface area contributed by atoms with Gasteiger partial charge in [-0.2, -0.15) is 0 Å². The zero-order valence-corrected chi connectivity index (χ0v) is 9.13. The highest BCUT2D eigenvalue weighted by molar-refractivity contribution is 6.20. The van der Waals surface area contributed by atoms with Crippen LogP contribution in [0.2, 0.25) is 0 Å². The van der Waals surface area contributed by atoms with Crippen molar-refractivity contribution in [1.82, 2.24) is 0 Å². The van der Waals surface area contributed by atoms with E-state index in [0.29, 0.717) is 0 Å². The molecule has 0 aromatic heterocycles. The highest BCUT2D eigenvalue weighted by Crippen LogP contribution is 2.25. The minimum Gasteiger partial charge on any atom is -0.462 e. The molecule has 0 atom stereocenters. The third-order valence-electron chi connectivity index (χ3n) is 1.60. The van der Waals surface area contributed by atoms with Crippen LogP contribution in [0.3, 0.4) is 0 Å². The molecule has 0 saturated carbocycles. The monoisotopic (exact) mass is 250 g/mol. The highest BCUT2D eigenvalue weighted by Gasteiger charge is 2.27. The zero-order valence-electron chi connectivity index (χ0n) is 8.38. The molecule has 0 bridgehead atoms. The minimum atomic E-state index is -3.76. The fourth-order valence-corrected chi connectivity index (χ4v) is 1.10. The molecule has 0 heterocycles. The highest BCUT2D eigenvalue weighted by atomic mass is 35.5. The van der Waals surface area contributed by atoms with Crippen molar-refractivity contribution in [2.45, 2.75) is 12.5 Å². The molecule has 16 heavy (non-hydrogen) atoms. The Hall–Kier alpha value is -1.36. The van der Waals surface area contributed by atoms with Gasteiger partial charge in [-0.3, -0.25) is 0 Å². The summed E-state index contributed by atoms with van der Waals surface area (Å²) < 4.78 is 33.3. The molecule has 0 unspecified atom stereocenters. The van der Waals surface area contributed by atoms with Crippen LogP contribution in [0.1, 0.15) is 17.3 Å². The van der Waals surface area contributed by atoms with E-state index in [4.69, 9.17) is 4.74 Å². The van der Waals surface area contributed by atoms with Gasteiger partial charge in [-0.05, 0) is 31.2 Å². The first-order valence-electron chi connectivity index (χ1n) is 4.45. The predicted octanol–water partition coefficient (Wildman–Crippen LogP) is 3.03. The standard InChI is InChI=1S/C10H9ClF2O3/c1-2-15-9(14)7-3-5-8(6-4-7)16-10(11,12)13/h3-6H,2H2,1H3. The lowest BCUT2D eigenvalue weighted by atomic mass is 10.2. The summed E-state index contributed by atoms with van der Waals surface area (Å²) in [4.78, 5) is 11.2. The Morgan fingerprint density at radius 2 is 1.94 bits per heavy atom. The molecule has 0 N–H and O–H groups in total. The SMILES string of the molecule is CCOC(=O)c1ccc(OC(F)(F)Cl)cc1. The van der Waals surface area contributed by atoms with Crippen molar-refractivity contribution in [3.8, 4) is 5.75 Å². The molecule has 1 aromatic carbocycles. The normalized spacial score (nSPS) is 11.0. The van der Waals surface area contributed by atoms with Gasteiger partial charge >= 0.3 is 11.5 Å². The maximum Gasteiger partial charge on any atom is 0.487 e. The molecule has 3 nitrogen and oxygen atoms in total. The molecule has 0 aliphatic carbocycles. The van der Waals surface area contributed by atoms with E-state index in [1.54, 1.807) is 6.92 Å². The second-order valence-corrected chi connectivity index (χ2v) is 3.23. The van der Waals surface area contributed by atoms with Crippen molar-refractivity contribution in [3.05, 3.63) is 29.8 Å². The minimum absolute atomic E-state index is 0.131. The van der Waals surface area contributed by atoms with Gasteiger partial charge in [0.05, 0.1) is 12.2 Å². The smallest absolute Gasteiger partial charge is 0.462 e. The van der Waals surface area contributed by atoms with Crippen LogP contribution in [0, 0.1) is 0 Å². The van der Waals surface area contributed by atoms with Gasteiger partial charge in [-0.1, -0.05) is 0 Å². The van der Waals surface area contributed by atoms with E-state index < -0.39 is 11.5 Å². The first-order valence-corrected chi connectivity index (χ1v) is 4.83. The summed E-state index contributed by atoms with van der Waals surface area (Å²) in [7, 11) is 0. The summed E-state index contributed by atoms with van der Waals surface area (Å²) in [5.41, 5.74) is -3.50. The van der Waals surface area contributed by atoms with E-state index in [2.05, 4.69) is 16.3 Å². The third-order valence-corrected chi connectivity index (χ3v) is 1.68. The molecule has 0 radical (unpaired) electrons. The summed E-state index contributed by atoms with van der Waals surface area (Å²) in [5.74, 6) is -0.653. The molecule has 1 aromatic rings. The lowest BCUT2D eigenvalue weighted by Crippen LogP contribution is -2.15. The quantitative estimate of drug-likeness (QED) is 0.609. The molecule has 0 spiro atoms. The molecule has 0 aliphatic rings. The van der Waals surface area contributed by atoms with E-state index in [1.165, 1.54) is 24.3 Å². The Labute approximate surface area is 95.9 Å². The topological polar surface area (TPSA) is 35.5 Å². The predicted molar refractivity (Wildman–Crippen MR) is 53.8 cm³/mol. The maximum atomic E-state index is 12.2. The van der Waals surface area contributed by atoms with Crippen molar-refractivity contribution in [1.29, 1.82) is 0 Å². The van der Waals surface area contributed by atoms with Gasteiger partial charge in [-0.25, -0.2) is 4.79 Å². The number of hydrogen-bond donors (Lipinski definition) is 0. The Bertz CT molecular complexity index is 359. The van der Waals surface area contributed by atoms with Crippen LogP contribution in [0.25, 0.3) is 0 Å². The first kappa shape index (κ1) is 12.7. The van der Waals surface area contributed by atoms with Crippen LogP contribution < -0.4 is 4.74 Å². The molecule has 0 aliphatic heterocycles. The van der Waals surface area contributed by atoms with Crippen LogP contribution >= 0.6 is 11.6 Å². The van der Waals surface area contributed by atoms with Gasteiger partial charge in [0.1, 0.15) is 5.75 Å². The van der Waals surface area contributed by atoms with E-state index in [-0.39, 0.29) is 17.9 Å². The average Bonchev–Trinajstić information content (AvgIpc) is 2.16. The molecule has 1 rings (SSSR count). The van der Waals surface area contributed by atoms with Crippen LogP contribution in [-0.2, 0) is 4.74 Å². The van der Waals surface area contributed by atoms with Crippen LogP contribution in [0.4, 0.5) is 8.78 Å². The molecular weight excluding hydrogens is 242 g/mol. The van der Waals surface area contributed by atoms with E-state index in [0.717, 1.165) is 0 Å². The summed E-state index contributed by atoms with van der Waals surface area (Å²) >= 11 is 4.57. The maximum absolute atomic E-state index is 12.2. The van der Waals surface area contributed by atoms with E-state index >= 15 is 0 Å². The number of carbonyl (C=O) groups excluding carboxylic acids is 1. The van der Waals surface area contributed by atoms with Crippen molar-refractivity contribution in [2.24, 2.45) is 0 Å². The summed E-state index contributed by atoms with van der Waals surface area (Å²) in [6.45, 7) is 1.92. The molecule has 0 amide bonds. The molecule has 88 valence electrons. The molecule has 6 heteroatoms. The Kier molecular flexibility index (Phi) is 4.06. The van der Waals surface area contributed by atoms with Crippen molar-refractivity contribution >= 4 is 17.6 Å². The fourth-order valence-electron chi connectivity index (χ4n) is 1.01. The summed E-state index contributed by atoms with van der Waals surface area (Å²) in [6, 6.07) is 5.05. The zero-order chi connectivity index (χ0) is 12.2. The number of ether oxygens (including phenoxy) is 2. The second kappa shape index (κ2) is 5.12. The third kappa shape index (κ3) is 4.02. The average molecular weight is 251 g/mol. The van der Waals surface area contributed by atoms with Gasteiger partial charge in [0.25, 0.3) is 0 Å². The first-order chi connectivity index (χ1) is 7.42. The fraction of sp³-hybridized carbons (Fsp3) is 0.300. The van der Waals surface area contributed by atoms with Gasteiger partial charge in [0, 0.05) is 11.6 Å². The molecule has 0 fully saturated rings. The van der Waals surface area contributed by atoms with Gasteiger partial charge in [0.2, 0.25) is 0 Å². The number of benzene rings is 1. The van der Waals surface area contributed by atoms with Crippen molar-refractivity contribution in [3.63, 3.8) is 0 Å². The van der Waals surface area contributed by atoms with Gasteiger partial charge in [-0.15, -0.1) is 8.78 Å². The second-order valence-electron chi connectivity index (χ2n) is 2.79. The summed E-state index contributed by atoms with van der Waals surface area (Å²) in [6.07, 6.45) is 0. The van der Waals surface area contributed by atoms with Crippen LogP contribution in [0.15, 0.2) is 24.3 Å². The number of halogens is 3. The lowest BCUT2D eigenvalue weighted by Gasteiger charge is -2.10. The van der Waals surface area contributed by atoms with E-state index in [9.17, 15) is 13.6 Å². The number of carbonyl (C=O) groups is 1. The van der Waals surface area contributed by atoms with Gasteiger partial charge < -0.3 is 9.47 Å². The Morgan fingerprint density at radius 1 is 1.38 bits per heavy atom. The Balaban J connectivity index is 2.72.